The highest BCUT2D eigenvalue weighted by Gasteiger charge is 2.20. The van der Waals surface area contributed by atoms with Gasteiger partial charge in [0.25, 0.3) is 5.56 Å². The summed E-state index contributed by atoms with van der Waals surface area (Å²) in [5.41, 5.74) is 1.68. The van der Waals surface area contributed by atoms with E-state index in [0.717, 1.165) is 23.3 Å². The average molecular weight is 414 g/mol. The van der Waals surface area contributed by atoms with Crippen LogP contribution in [0.5, 0.6) is 0 Å². The van der Waals surface area contributed by atoms with Gasteiger partial charge in [-0.3, -0.25) is 9.36 Å². The van der Waals surface area contributed by atoms with E-state index in [2.05, 4.69) is 4.98 Å². The van der Waals surface area contributed by atoms with Crippen molar-refractivity contribution >= 4 is 33.5 Å². The lowest BCUT2D eigenvalue weighted by atomic mass is 10.1. The van der Waals surface area contributed by atoms with Crippen LogP contribution in [0.15, 0.2) is 35.4 Å². The maximum atomic E-state index is 12.9. The van der Waals surface area contributed by atoms with E-state index in [0.29, 0.717) is 39.4 Å². The zero-order chi connectivity index (χ0) is 21.0. The fraction of sp³-hybridized carbons (Fsp3) is 0.333. The third-order valence-corrected chi connectivity index (χ3v) is 5.54. The Labute approximate surface area is 171 Å². The summed E-state index contributed by atoms with van der Waals surface area (Å²) in [5.74, 6) is -0.802. The Hall–Kier alpha value is -3.00. The van der Waals surface area contributed by atoms with Crippen LogP contribution in [0.25, 0.3) is 10.2 Å². The van der Waals surface area contributed by atoms with Gasteiger partial charge in [-0.05, 0) is 43.5 Å². The van der Waals surface area contributed by atoms with Gasteiger partial charge in [0.15, 0.2) is 0 Å². The fourth-order valence-electron chi connectivity index (χ4n) is 2.88. The summed E-state index contributed by atoms with van der Waals surface area (Å²) < 4.78 is 11.7. The number of hydrogen-bond donors (Lipinski definition) is 0. The lowest BCUT2D eigenvalue weighted by Gasteiger charge is -2.07. The van der Waals surface area contributed by atoms with Crippen LogP contribution in [0.2, 0.25) is 0 Å². The molecule has 0 saturated carbocycles. The van der Waals surface area contributed by atoms with Crippen molar-refractivity contribution in [1.29, 1.82) is 0 Å². The van der Waals surface area contributed by atoms with Gasteiger partial charge in [-0.15, -0.1) is 11.3 Å². The Morgan fingerprint density at radius 2 is 1.83 bits per heavy atom. The maximum Gasteiger partial charge on any atom is 0.348 e. The van der Waals surface area contributed by atoms with Crippen LogP contribution in [0, 0.1) is 6.92 Å². The van der Waals surface area contributed by atoms with Crippen LogP contribution in [-0.4, -0.2) is 34.7 Å². The predicted molar refractivity (Wildman–Crippen MR) is 111 cm³/mol. The highest BCUT2D eigenvalue weighted by atomic mass is 32.1. The number of fused-ring (bicyclic) bond motifs is 1. The summed E-state index contributed by atoms with van der Waals surface area (Å²) in [6, 6.07) is 6.92. The third kappa shape index (κ3) is 4.37. The van der Waals surface area contributed by atoms with Crippen LogP contribution in [0.1, 0.15) is 51.4 Å². The first-order valence-corrected chi connectivity index (χ1v) is 10.2. The molecule has 29 heavy (non-hydrogen) atoms. The van der Waals surface area contributed by atoms with Gasteiger partial charge in [0.05, 0.1) is 37.0 Å². The number of carbonyl (C=O) groups is 2. The highest BCUT2D eigenvalue weighted by Crippen LogP contribution is 2.27. The molecular formula is C21H22N2O5S. The van der Waals surface area contributed by atoms with Crippen molar-refractivity contribution in [2.75, 3.05) is 13.2 Å². The van der Waals surface area contributed by atoms with Gasteiger partial charge >= 0.3 is 11.9 Å². The van der Waals surface area contributed by atoms with Gasteiger partial charge in [0, 0.05) is 0 Å². The van der Waals surface area contributed by atoms with Crippen LogP contribution < -0.4 is 5.56 Å². The van der Waals surface area contributed by atoms with Crippen molar-refractivity contribution in [3.05, 3.63) is 62.5 Å². The van der Waals surface area contributed by atoms with E-state index in [1.807, 2.05) is 6.92 Å². The molecule has 2 heterocycles. The number of thiophene rings is 1. The van der Waals surface area contributed by atoms with Crippen molar-refractivity contribution in [3.8, 4) is 0 Å². The Kier molecular flexibility index (Phi) is 6.43. The molecular weight excluding hydrogens is 392 g/mol. The van der Waals surface area contributed by atoms with E-state index in [1.54, 1.807) is 38.1 Å². The van der Waals surface area contributed by atoms with Gasteiger partial charge in [-0.2, -0.15) is 0 Å². The molecule has 3 aromatic rings. The van der Waals surface area contributed by atoms with Crippen molar-refractivity contribution < 1.29 is 19.1 Å². The number of ether oxygens (including phenoxy) is 2. The lowest BCUT2D eigenvalue weighted by molar-refractivity contribution is 0.0502. The topological polar surface area (TPSA) is 87.5 Å². The van der Waals surface area contributed by atoms with Gasteiger partial charge in [0.2, 0.25) is 0 Å². The molecule has 7 nitrogen and oxygen atoms in total. The monoisotopic (exact) mass is 414 g/mol. The Morgan fingerprint density at radius 3 is 2.48 bits per heavy atom. The zero-order valence-corrected chi connectivity index (χ0v) is 17.4. The minimum absolute atomic E-state index is 0.217. The molecule has 0 atom stereocenters. The SMILES string of the molecule is CCCOC(=O)c1ccc(Cn2cnc3sc(C(=O)OCC)c(C)c3c2=O)cc1. The van der Waals surface area contributed by atoms with Gasteiger partial charge in [-0.25, -0.2) is 14.6 Å². The minimum Gasteiger partial charge on any atom is -0.462 e. The van der Waals surface area contributed by atoms with Crippen LogP contribution in [0.4, 0.5) is 0 Å². The lowest BCUT2D eigenvalue weighted by Crippen LogP contribution is -2.21. The molecule has 0 aliphatic rings. The number of benzene rings is 1. The number of hydrogen-bond acceptors (Lipinski definition) is 7. The molecule has 0 saturated heterocycles. The molecule has 0 spiro atoms. The summed E-state index contributed by atoms with van der Waals surface area (Å²) in [7, 11) is 0. The van der Waals surface area contributed by atoms with Crippen LogP contribution in [0.3, 0.4) is 0 Å². The molecule has 0 N–H and O–H groups in total. The van der Waals surface area contributed by atoms with E-state index >= 15 is 0 Å². The summed E-state index contributed by atoms with van der Waals surface area (Å²) in [4.78, 5) is 42.2. The average Bonchev–Trinajstić information content (AvgIpc) is 3.06. The first-order chi connectivity index (χ1) is 14.0. The normalized spacial score (nSPS) is 10.9. The number of aryl methyl sites for hydroxylation is 1. The summed E-state index contributed by atoms with van der Waals surface area (Å²) in [5, 5.41) is 0.431. The quantitative estimate of drug-likeness (QED) is 0.550. The van der Waals surface area contributed by atoms with Crippen molar-refractivity contribution in [2.45, 2.75) is 33.7 Å². The maximum absolute atomic E-state index is 12.9. The van der Waals surface area contributed by atoms with E-state index in [1.165, 1.54) is 10.9 Å². The number of esters is 2. The number of nitrogens with zero attached hydrogens (tertiary/aromatic N) is 2. The summed E-state index contributed by atoms with van der Waals surface area (Å²) in [6.45, 7) is 6.36. The third-order valence-electron chi connectivity index (χ3n) is 4.36. The van der Waals surface area contributed by atoms with Crippen LogP contribution in [-0.2, 0) is 16.0 Å². The number of aromatic nitrogens is 2. The van der Waals surface area contributed by atoms with Crippen LogP contribution >= 0.6 is 11.3 Å². The molecule has 8 heteroatoms. The Bertz CT molecular complexity index is 1100. The van der Waals surface area contributed by atoms with E-state index in [9.17, 15) is 14.4 Å². The number of rotatable bonds is 7. The first-order valence-electron chi connectivity index (χ1n) is 9.38. The molecule has 0 bridgehead atoms. The molecule has 1 aromatic carbocycles. The number of carbonyl (C=O) groups excluding carboxylic acids is 2. The van der Waals surface area contributed by atoms with E-state index < -0.39 is 5.97 Å². The molecule has 0 radical (unpaired) electrons. The van der Waals surface area contributed by atoms with Crippen molar-refractivity contribution in [1.82, 2.24) is 9.55 Å². The predicted octanol–water partition coefficient (Wildman–Crippen LogP) is 3.56. The smallest absolute Gasteiger partial charge is 0.348 e. The second-order valence-corrected chi connectivity index (χ2v) is 7.47. The largest absolute Gasteiger partial charge is 0.462 e. The van der Waals surface area contributed by atoms with E-state index in [4.69, 9.17) is 9.47 Å². The highest BCUT2D eigenvalue weighted by molar-refractivity contribution is 7.20. The molecule has 0 unspecified atom stereocenters. The molecule has 0 aliphatic heterocycles. The molecule has 3 rings (SSSR count). The Balaban J connectivity index is 1.86. The fourth-order valence-corrected chi connectivity index (χ4v) is 3.92. The molecule has 0 aliphatic carbocycles. The molecule has 0 amide bonds. The second-order valence-electron chi connectivity index (χ2n) is 6.47. The Morgan fingerprint density at radius 1 is 1.10 bits per heavy atom. The van der Waals surface area contributed by atoms with Gasteiger partial charge < -0.3 is 9.47 Å². The standard InChI is InChI=1S/C21H22N2O5S/c1-4-10-28-20(25)15-8-6-14(7-9-15)11-23-12-22-18-16(19(23)24)13(3)17(29-18)21(26)27-5-2/h6-9,12H,4-5,10-11H2,1-3H3. The second kappa shape index (κ2) is 9.00. The molecule has 152 valence electrons. The first kappa shape index (κ1) is 20.7. The summed E-state index contributed by atoms with van der Waals surface area (Å²) in [6.07, 6.45) is 2.24. The van der Waals surface area contributed by atoms with Gasteiger partial charge in [0.1, 0.15) is 9.71 Å². The van der Waals surface area contributed by atoms with Crippen molar-refractivity contribution in [3.63, 3.8) is 0 Å². The molecule has 2 aromatic heterocycles. The zero-order valence-electron chi connectivity index (χ0n) is 16.6. The minimum atomic E-state index is -0.440. The van der Waals surface area contributed by atoms with Crippen molar-refractivity contribution in [2.24, 2.45) is 0 Å². The molecule has 0 fully saturated rings. The summed E-state index contributed by atoms with van der Waals surface area (Å²) >= 11 is 1.16. The van der Waals surface area contributed by atoms with E-state index in [-0.39, 0.29) is 18.1 Å². The van der Waals surface area contributed by atoms with Gasteiger partial charge in [-0.1, -0.05) is 19.1 Å².